The van der Waals surface area contributed by atoms with Gasteiger partial charge in [0.25, 0.3) is 5.91 Å². The number of hydrogen-bond donors (Lipinski definition) is 0. The summed E-state index contributed by atoms with van der Waals surface area (Å²) in [6.45, 7) is 3.75. The molecule has 2 saturated heterocycles. The summed E-state index contributed by atoms with van der Waals surface area (Å²) in [5, 5.41) is 0.669. The highest BCUT2D eigenvalue weighted by Gasteiger charge is 2.45. The molecule has 226 valence electrons. The van der Waals surface area contributed by atoms with Gasteiger partial charge in [0.1, 0.15) is 6.04 Å². The maximum absolute atomic E-state index is 14.1. The number of nitrogens with zero attached hydrogens (tertiary/aromatic N) is 3. The first-order valence-electron chi connectivity index (χ1n) is 15.8. The van der Waals surface area contributed by atoms with Crippen LogP contribution in [0.4, 0.5) is 4.79 Å². The van der Waals surface area contributed by atoms with Crippen LogP contribution in [0, 0.1) is 0 Å². The lowest BCUT2D eigenvalue weighted by Crippen LogP contribution is -2.38. The van der Waals surface area contributed by atoms with Gasteiger partial charge in [-0.25, -0.2) is 4.79 Å². The second-order valence-corrected chi connectivity index (χ2v) is 12.6. The molecule has 44 heavy (non-hydrogen) atoms. The number of carbonyl (C=O) groups is 2. The van der Waals surface area contributed by atoms with E-state index in [9.17, 15) is 9.59 Å². The smallest absolute Gasteiger partial charge is 0.308 e. The van der Waals surface area contributed by atoms with Gasteiger partial charge in [-0.1, -0.05) is 115 Å². The number of hydrogen-bond acceptors (Lipinski definition) is 3. The zero-order valence-corrected chi connectivity index (χ0v) is 25.9. The van der Waals surface area contributed by atoms with E-state index in [0.717, 1.165) is 55.6 Å². The zero-order valence-electron chi connectivity index (χ0n) is 25.1. The second-order valence-electron chi connectivity index (χ2n) is 12.1. The van der Waals surface area contributed by atoms with E-state index in [-0.39, 0.29) is 17.9 Å². The van der Waals surface area contributed by atoms with Gasteiger partial charge < -0.3 is 9.80 Å². The van der Waals surface area contributed by atoms with E-state index in [4.69, 9.17) is 11.6 Å². The van der Waals surface area contributed by atoms with Crippen molar-refractivity contribution in [2.24, 2.45) is 0 Å². The maximum atomic E-state index is 14.1. The van der Waals surface area contributed by atoms with E-state index in [0.29, 0.717) is 30.5 Å². The van der Waals surface area contributed by atoms with Crippen molar-refractivity contribution in [3.05, 3.63) is 143 Å². The molecule has 2 atom stereocenters. The normalized spacial score (nSPS) is 18.6. The third-order valence-corrected chi connectivity index (χ3v) is 9.48. The maximum Gasteiger partial charge on any atom is 0.327 e. The largest absolute Gasteiger partial charge is 0.327 e. The molecule has 0 aromatic heterocycles. The highest BCUT2D eigenvalue weighted by molar-refractivity contribution is 6.30. The van der Waals surface area contributed by atoms with Crippen molar-refractivity contribution >= 4 is 23.5 Å². The summed E-state index contributed by atoms with van der Waals surface area (Å²) >= 11 is 6.45. The summed E-state index contributed by atoms with van der Waals surface area (Å²) in [5.41, 5.74) is 4.56. The molecule has 3 amide bonds. The molecule has 4 aromatic rings. The molecule has 6 heteroatoms. The Kier molecular flexibility index (Phi) is 9.74. The lowest BCUT2D eigenvalue weighted by Gasteiger charge is -2.33. The van der Waals surface area contributed by atoms with Gasteiger partial charge in [0.05, 0.1) is 0 Å². The van der Waals surface area contributed by atoms with Gasteiger partial charge in [-0.2, -0.15) is 0 Å². The molecule has 4 aromatic carbocycles. The average Bonchev–Trinajstić information content (AvgIpc) is 3.27. The number of benzene rings is 4. The Bertz CT molecular complexity index is 1460. The highest BCUT2D eigenvalue weighted by Crippen LogP contribution is 2.32. The molecule has 1 unspecified atom stereocenters. The monoisotopic (exact) mass is 605 g/mol. The number of amides is 3. The molecule has 2 heterocycles. The molecule has 0 bridgehead atoms. The number of halogens is 1. The van der Waals surface area contributed by atoms with Crippen LogP contribution in [0.15, 0.2) is 115 Å². The summed E-state index contributed by atoms with van der Waals surface area (Å²) in [6, 6.07) is 37.9. The number of rotatable bonds is 11. The van der Waals surface area contributed by atoms with Crippen molar-refractivity contribution < 1.29 is 9.59 Å². The number of piperidine rings is 1. The summed E-state index contributed by atoms with van der Waals surface area (Å²) in [5.74, 6) is 0.473. The summed E-state index contributed by atoms with van der Waals surface area (Å²) < 4.78 is 0. The van der Waals surface area contributed by atoms with Gasteiger partial charge in [0.2, 0.25) is 0 Å². The average molecular weight is 606 g/mol. The van der Waals surface area contributed by atoms with Crippen LogP contribution in [0.2, 0.25) is 5.02 Å². The van der Waals surface area contributed by atoms with Crippen LogP contribution in [-0.2, 0) is 17.8 Å². The van der Waals surface area contributed by atoms with Crippen LogP contribution in [0.25, 0.3) is 0 Å². The highest BCUT2D eigenvalue weighted by atomic mass is 35.5. The van der Waals surface area contributed by atoms with E-state index in [1.807, 2.05) is 78.9 Å². The summed E-state index contributed by atoms with van der Waals surface area (Å²) in [6.07, 6.45) is 3.62. The van der Waals surface area contributed by atoms with Crippen LogP contribution >= 0.6 is 11.6 Å². The van der Waals surface area contributed by atoms with Gasteiger partial charge in [0.15, 0.2) is 0 Å². The fourth-order valence-corrected chi connectivity index (χ4v) is 6.95. The Hall–Kier alpha value is -3.93. The Morgan fingerprint density at radius 3 is 2.05 bits per heavy atom. The van der Waals surface area contributed by atoms with Crippen LogP contribution in [0.1, 0.15) is 53.4 Å². The fourth-order valence-electron chi connectivity index (χ4n) is 6.75. The van der Waals surface area contributed by atoms with Crippen molar-refractivity contribution in [3.8, 4) is 0 Å². The molecule has 0 aliphatic carbocycles. The molecule has 2 aliphatic heterocycles. The first-order chi connectivity index (χ1) is 21.5. The van der Waals surface area contributed by atoms with Crippen molar-refractivity contribution in [1.29, 1.82) is 0 Å². The van der Waals surface area contributed by atoms with Gasteiger partial charge in [-0.05, 0) is 79.2 Å². The first kappa shape index (κ1) is 30.1. The predicted molar refractivity (Wildman–Crippen MR) is 177 cm³/mol. The summed E-state index contributed by atoms with van der Waals surface area (Å²) in [7, 11) is 0. The minimum absolute atomic E-state index is 0.0116. The first-order valence-corrected chi connectivity index (χ1v) is 16.2. The Morgan fingerprint density at radius 1 is 0.750 bits per heavy atom. The van der Waals surface area contributed by atoms with Gasteiger partial charge in [-0.15, -0.1) is 0 Å². The third-order valence-electron chi connectivity index (χ3n) is 9.25. The van der Waals surface area contributed by atoms with Crippen molar-refractivity contribution in [1.82, 2.24) is 14.7 Å². The molecule has 2 fully saturated rings. The number of urea groups is 1. The van der Waals surface area contributed by atoms with Gasteiger partial charge >= 0.3 is 6.03 Å². The molecule has 0 radical (unpaired) electrons. The van der Waals surface area contributed by atoms with E-state index in [1.165, 1.54) is 10.5 Å². The topological polar surface area (TPSA) is 43.9 Å². The van der Waals surface area contributed by atoms with Crippen molar-refractivity contribution in [3.63, 3.8) is 0 Å². The molecule has 6 rings (SSSR count). The molecule has 2 aliphatic rings. The lowest BCUT2D eigenvalue weighted by atomic mass is 9.89. The zero-order chi connectivity index (χ0) is 30.3. The number of likely N-dealkylation sites (tertiary alicyclic amines) is 1. The predicted octanol–water partition coefficient (Wildman–Crippen LogP) is 7.77. The fraction of sp³-hybridized carbons (Fsp3) is 0.316. The second kappa shape index (κ2) is 14.2. The minimum atomic E-state index is -0.540. The van der Waals surface area contributed by atoms with Crippen LogP contribution in [-0.4, -0.2) is 58.9 Å². The lowest BCUT2D eigenvalue weighted by molar-refractivity contribution is -0.128. The van der Waals surface area contributed by atoms with Crippen molar-refractivity contribution in [2.75, 3.05) is 26.2 Å². The number of imide groups is 1. The van der Waals surface area contributed by atoms with Gasteiger partial charge in [0, 0.05) is 30.5 Å². The Labute approximate surface area is 266 Å². The van der Waals surface area contributed by atoms with Crippen LogP contribution < -0.4 is 0 Å². The van der Waals surface area contributed by atoms with Crippen LogP contribution in [0.3, 0.4) is 0 Å². The molecule has 0 spiro atoms. The van der Waals surface area contributed by atoms with Crippen LogP contribution in [0.5, 0.6) is 0 Å². The van der Waals surface area contributed by atoms with E-state index in [2.05, 4.69) is 41.3 Å². The molecule has 0 N–H and O–H groups in total. The molecule has 5 nitrogen and oxygen atoms in total. The Morgan fingerprint density at radius 2 is 1.39 bits per heavy atom. The van der Waals surface area contributed by atoms with E-state index >= 15 is 0 Å². The van der Waals surface area contributed by atoms with Crippen molar-refractivity contribution in [2.45, 2.75) is 50.1 Å². The van der Waals surface area contributed by atoms with E-state index in [1.54, 1.807) is 4.90 Å². The SMILES string of the molecule is O=C1[C@@H](Cc2ccccc2)N(Cc2ccccc2)C(=O)N1CC(CCN1CCC(c2ccccc2)CC1)c1cccc(Cl)c1. The minimum Gasteiger partial charge on any atom is -0.308 e. The third kappa shape index (κ3) is 7.23. The number of carbonyl (C=O) groups excluding carboxylic acids is 2. The van der Waals surface area contributed by atoms with E-state index < -0.39 is 6.04 Å². The quantitative estimate of drug-likeness (QED) is 0.164. The Balaban J connectivity index is 1.18. The molecular formula is C38H40ClN3O2. The summed E-state index contributed by atoms with van der Waals surface area (Å²) in [4.78, 5) is 33.9. The van der Waals surface area contributed by atoms with Gasteiger partial charge in [-0.3, -0.25) is 9.69 Å². The molecular weight excluding hydrogens is 566 g/mol. The molecule has 0 saturated carbocycles. The standard InChI is InChI=1S/C38H40ClN3O2/c39-35-18-10-17-33(26-35)34(21-24-40-22-19-32(20-23-40)31-15-8-3-9-16-31)28-42-37(43)36(25-29-11-4-1-5-12-29)41(38(42)44)27-30-13-6-2-7-14-30/h1-18,26,32,34,36H,19-25,27-28H2/t34?,36-/m1/s1.